The number of carbonyl (C=O) groups is 2. The van der Waals surface area contributed by atoms with Crippen molar-refractivity contribution in [3.63, 3.8) is 0 Å². The van der Waals surface area contributed by atoms with Gasteiger partial charge in [-0.25, -0.2) is 4.79 Å². The number of hydrogen-bond donors (Lipinski definition) is 1. The van der Waals surface area contributed by atoms with E-state index in [0.29, 0.717) is 21.4 Å². The van der Waals surface area contributed by atoms with Crippen molar-refractivity contribution in [3.8, 4) is 6.07 Å². The first-order valence-corrected chi connectivity index (χ1v) is 9.32. The monoisotopic (exact) mass is 360 g/mol. The van der Waals surface area contributed by atoms with Crippen molar-refractivity contribution in [1.29, 1.82) is 5.26 Å². The summed E-state index contributed by atoms with van der Waals surface area (Å²) in [5.41, 5.74) is 1.63. The van der Waals surface area contributed by atoms with E-state index in [0.717, 1.165) is 19.3 Å². The maximum atomic E-state index is 12.1. The lowest BCUT2D eigenvalue weighted by atomic mass is 9.90. The molecule has 1 aliphatic carbocycles. The van der Waals surface area contributed by atoms with Crippen molar-refractivity contribution in [2.45, 2.75) is 26.2 Å². The molecule has 0 spiro atoms. The summed E-state index contributed by atoms with van der Waals surface area (Å²) in [5.74, 6) is -0.275. The maximum Gasteiger partial charge on any atom is 0.348 e. The topological polar surface area (TPSA) is 79.2 Å². The second-order valence-corrected chi connectivity index (χ2v) is 7.86. The van der Waals surface area contributed by atoms with Gasteiger partial charge in [-0.15, -0.1) is 22.7 Å². The number of rotatable bonds is 4. The molecule has 24 heavy (non-hydrogen) atoms. The smallest absolute Gasteiger partial charge is 0.348 e. The van der Waals surface area contributed by atoms with Crippen molar-refractivity contribution in [3.05, 3.63) is 38.4 Å². The third-order valence-electron chi connectivity index (χ3n) is 3.90. The molecule has 0 saturated heterocycles. The maximum absolute atomic E-state index is 12.1. The highest BCUT2D eigenvalue weighted by Gasteiger charge is 2.22. The summed E-state index contributed by atoms with van der Waals surface area (Å²) in [5, 5.41) is 13.7. The zero-order chi connectivity index (χ0) is 17.1. The molecule has 2 aromatic heterocycles. The molecule has 0 bridgehead atoms. The van der Waals surface area contributed by atoms with Crippen LogP contribution in [0.2, 0.25) is 0 Å². The molecule has 2 aromatic rings. The van der Waals surface area contributed by atoms with Crippen molar-refractivity contribution < 1.29 is 14.3 Å². The molecular formula is C17H16N2O3S2. The van der Waals surface area contributed by atoms with Gasteiger partial charge in [0.05, 0.1) is 5.56 Å². The first-order valence-electron chi connectivity index (χ1n) is 7.63. The lowest BCUT2D eigenvalue weighted by Gasteiger charge is -2.16. The molecule has 0 fully saturated rings. The van der Waals surface area contributed by atoms with E-state index in [1.165, 1.54) is 33.1 Å². The number of nitrogens with one attached hydrogen (secondary N) is 1. The molecule has 0 radical (unpaired) electrons. The average molecular weight is 360 g/mol. The van der Waals surface area contributed by atoms with Gasteiger partial charge in [-0.1, -0.05) is 6.92 Å². The van der Waals surface area contributed by atoms with Crippen LogP contribution >= 0.6 is 22.7 Å². The van der Waals surface area contributed by atoms with E-state index in [1.54, 1.807) is 11.4 Å². The largest absolute Gasteiger partial charge is 0.451 e. The predicted molar refractivity (Wildman–Crippen MR) is 93.5 cm³/mol. The van der Waals surface area contributed by atoms with Gasteiger partial charge in [-0.2, -0.15) is 5.26 Å². The lowest BCUT2D eigenvalue weighted by molar-refractivity contribution is -0.119. The Labute approximate surface area is 147 Å². The number of aryl methyl sites for hydroxylation is 1. The Balaban J connectivity index is 1.56. The highest BCUT2D eigenvalue weighted by molar-refractivity contribution is 7.14. The number of esters is 1. The molecule has 1 unspecified atom stereocenters. The number of fused-ring (bicyclic) bond motifs is 1. The third-order valence-corrected chi connectivity index (χ3v) is 5.95. The van der Waals surface area contributed by atoms with Crippen LogP contribution in [-0.4, -0.2) is 18.5 Å². The van der Waals surface area contributed by atoms with E-state index < -0.39 is 11.9 Å². The fraction of sp³-hybridized carbons (Fsp3) is 0.353. The van der Waals surface area contributed by atoms with E-state index in [9.17, 15) is 9.59 Å². The van der Waals surface area contributed by atoms with Gasteiger partial charge in [0.2, 0.25) is 0 Å². The van der Waals surface area contributed by atoms with Crippen molar-refractivity contribution in [2.75, 3.05) is 11.9 Å². The van der Waals surface area contributed by atoms with Gasteiger partial charge in [-0.05, 0) is 48.3 Å². The van der Waals surface area contributed by atoms with Gasteiger partial charge >= 0.3 is 5.97 Å². The number of nitriles is 1. The Morgan fingerprint density at radius 2 is 2.33 bits per heavy atom. The van der Waals surface area contributed by atoms with Crippen LogP contribution in [0.15, 0.2) is 17.5 Å². The van der Waals surface area contributed by atoms with Gasteiger partial charge in [0.25, 0.3) is 5.91 Å². The number of carbonyl (C=O) groups excluding carboxylic acids is 2. The van der Waals surface area contributed by atoms with Crippen molar-refractivity contribution in [1.82, 2.24) is 0 Å². The molecule has 7 heteroatoms. The summed E-state index contributed by atoms with van der Waals surface area (Å²) in [6.45, 7) is 1.85. The summed E-state index contributed by atoms with van der Waals surface area (Å²) < 4.78 is 5.10. The normalized spacial score (nSPS) is 16.1. The Hall–Kier alpha value is -2.17. The zero-order valence-electron chi connectivity index (χ0n) is 13.1. The molecular weight excluding hydrogens is 344 g/mol. The summed E-state index contributed by atoms with van der Waals surface area (Å²) >= 11 is 2.72. The molecule has 1 aliphatic rings. The standard InChI is InChI=1S/C17H16N2O3S2/c1-10-2-3-13-12(6-10)7-14(24-13)17(21)22-9-15(20)19-16-11(8-18)4-5-23-16/h4-5,7,10H,2-3,6,9H2,1H3,(H,19,20). The van der Waals surface area contributed by atoms with Crippen LogP contribution in [0.5, 0.6) is 0 Å². The van der Waals surface area contributed by atoms with Crippen LogP contribution in [0.25, 0.3) is 0 Å². The zero-order valence-corrected chi connectivity index (χ0v) is 14.8. The molecule has 0 aromatic carbocycles. The third kappa shape index (κ3) is 3.66. The van der Waals surface area contributed by atoms with Crippen LogP contribution in [0.4, 0.5) is 5.00 Å². The molecule has 1 N–H and O–H groups in total. The average Bonchev–Trinajstić information content (AvgIpc) is 3.18. The molecule has 1 amide bonds. The van der Waals surface area contributed by atoms with E-state index in [-0.39, 0.29) is 6.61 Å². The number of hydrogen-bond acceptors (Lipinski definition) is 6. The SMILES string of the molecule is CC1CCc2sc(C(=O)OCC(=O)Nc3sccc3C#N)cc2C1. The van der Waals surface area contributed by atoms with Crippen LogP contribution in [0.1, 0.15) is 39.0 Å². The Morgan fingerprint density at radius 3 is 3.12 bits per heavy atom. The van der Waals surface area contributed by atoms with E-state index in [2.05, 4.69) is 12.2 Å². The summed E-state index contributed by atoms with van der Waals surface area (Å²) in [6, 6.07) is 5.51. The molecule has 5 nitrogen and oxygen atoms in total. The van der Waals surface area contributed by atoms with Crippen LogP contribution in [0, 0.1) is 17.2 Å². The first-order chi connectivity index (χ1) is 11.6. The Kier molecular flexibility index (Phi) is 4.97. The fourth-order valence-electron chi connectivity index (χ4n) is 2.67. The van der Waals surface area contributed by atoms with Crippen molar-refractivity contribution >= 4 is 39.6 Å². The molecule has 3 rings (SSSR count). The quantitative estimate of drug-likeness (QED) is 0.845. The number of amides is 1. The van der Waals surface area contributed by atoms with Crippen LogP contribution < -0.4 is 5.32 Å². The number of ether oxygens (including phenoxy) is 1. The first kappa shape index (κ1) is 16.7. The number of anilines is 1. The Morgan fingerprint density at radius 1 is 1.50 bits per heavy atom. The molecule has 0 saturated carbocycles. The summed E-state index contributed by atoms with van der Waals surface area (Å²) in [7, 11) is 0. The second-order valence-electron chi connectivity index (χ2n) is 5.81. The molecule has 1 atom stereocenters. The second kappa shape index (κ2) is 7.16. The van der Waals surface area contributed by atoms with Gasteiger partial charge in [-0.3, -0.25) is 4.79 Å². The molecule has 0 aliphatic heterocycles. The minimum Gasteiger partial charge on any atom is -0.451 e. The van der Waals surface area contributed by atoms with Gasteiger partial charge in [0.1, 0.15) is 15.9 Å². The van der Waals surface area contributed by atoms with Crippen LogP contribution in [0.3, 0.4) is 0 Å². The lowest BCUT2D eigenvalue weighted by Crippen LogP contribution is -2.20. The fourth-order valence-corrected chi connectivity index (χ4v) is 4.52. The number of nitrogens with zero attached hydrogens (tertiary/aromatic N) is 1. The van der Waals surface area contributed by atoms with Gasteiger partial charge < -0.3 is 10.1 Å². The highest BCUT2D eigenvalue weighted by atomic mass is 32.1. The molecule has 124 valence electrons. The summed E-state index contributed by atoms with van der Waals surface area (Å²) in [4.78, 5) is 25.8. The van der Waals surface area contributed by atoms with Crippen molar-refractivity contribution in [2.24, 2.45) is 5.92 Å². The highest BCUT2D eigenvalue weighted by Crippen LogP contribution is 2.32. The summed E-state index contributed by atoms with van der Waals surface area (Å²) in [6.07, 6.45) is 3.14. The van der Waals surface area contributed by atoms with E-state index in [1.807, 2.05) is 12.1 Å². The van der Waals surface area contributed by atoms with Gasteiger partial charge in [0.15, 0.2) is 6.61 Å². The van der Waals surface area contributed by atoms with E-state index in [4.69, 9.17) is 10.00 Å². The minimum absolute atomic E-state index is 0.361. The van der Waals surface area contributed by atoms with E-state index >= 15 is 0 Å². The van der Waals surface area contributed by atoms with Crippen LogP contribution in [-0.2, 0) is 22.4 Å². The van der Waals surface area contributed by atoms with Gasteiger partial charge in [0, 0.05) is 4.88 Å². The Bertz CT molecular complexity index is 816. The predicted octanol–water partition coefficient (Wildman–Crippen LogP) is 3.60. The number of thiophene rings is 2. The molecule has 2 heterocycles. The minimum atomic E-state index is -0.469.